The Bertz CT molecular complexity index is 583. The van der Waals surface area contributed by atoms with Crippen LogP contribution in [0, 0.1) is 15.9 Å². The Labute approximate surface area is 106 Å². The molecule has 100 valence electrons. The van der Waals surface area contributed by atoms with Gasteiger partial charge in [0.05, 0.1) is 12.0 Å². The Hall–Kier alpha value is -2.77. The summed E-state index contributed by atoms with van der Waals surface area (Å²) in [4.78, 5) is 31.8. The summed E-state index contributed by atoms with van der Waals surface area (Å²) in [6, 6.07) is 1.49. The van der Waals surface area contributed by atoms with Gasteiger partial charge in [-0.2, -0.15) is 0 Å². The minimum atomic E-state index is -1.03. The fourth-order valence-electron chi connectivity index (χ4n) is 1.30. The number of hydrogen-bond acceptors (Lipinski definition) is 5. The zero-order chi connectivity index (χ0) is 14.6. The highest BCUT2D eigenvalue weighted by atomic mass is 19.1. The largest absolute Gasteiger partial charge is 0.465 e. The van der Waals surface area contributed by atoms with Crippen LogP contribution < -0.4 is 5.73 Å². The van der Waals surface area contributed by atoms with Crippen molar-refractivity contribution in [1.29, 1.82) is 0 Å². The topological polar surface area (TPSA) is 113 Å². The van der Waals surface area contributed by atoms with Crippen LogP contribution in [0.5, 0.6) is 0 Å². The lowest BCUT2D eigenvalue weighted by Crippen LogP contribution is -2.08. The molecule has 1 rings (SSSR count). The minimum absolute atomic E-state index is 0.238. The van der Waals surface area contributed by atoms with Crippen molar-refractivity contribution in [2.45, 2.75) is 0 Å². The summed E-state index contributed by atoms with van der Waals surface area (Å²) in [6.07, 6.45) is 1.83. The third-order valence-electron chi connectivity index (χ3n) is 2.14. The van der Waals surface area contributed by atoms with Gasteiger partial charge >= 0.3 is 5.97 Å². The van der Waals surface area contributed by atoms with Gasteiger partial charge in [-0.1, -0.05) is 0 Å². The molecule has 0 radical (unpaired) electrons. The molecule has 19 heavy (non-hydrogen) atoms. The third kappa shape index (κ3) is 3.35. The fraction of sp³-hybridized carbons (Fsp3) is 0.0909. The van der Waals surface area contributed by atoms with Crippen molar-refractivity contribution >= 4 is 23.6 Å². The van der Waals surface area contributed by atoms with Crippen LogP contribution >= 0.6 is 0 Å². The van der Waals surface area contributed by atoms with Crippen molar-refractivity contribution in [3.63, 3.8) is 0 Å². The van der Waals surface area contributed by atoms with Gasteiger partial charge < -0.3 is 10.5 Å². The number of nitrogens with zero attached hydrogens (tertiary/aromatic N) is 1. The number of halogens is 1. The molecule has 1 aromatic rings. The molecule has 0 saturated carbocycles. The predicted molar refractivity (Wildman–Crippen MR) is 62.6 cm³/mol. The Kier molecular flexibility index (Phi) is 4.30. The number of nitrogens with two attached hydrogens (primary N) is 1. The Morgan fingerprint density at radius 2 is 2.11 bits per heavy atom. The van der Waals surface area contributed by atoms with Crippen LogP contribution in [0.2, 0.25) is 0 Å². The number of hydrogen-bond donors (Lipinski definition) is 1. The Balaban J connectivity index is 3.40. The van der Waals surface area contributed by atoms with Crippen molar-refractivity contribution in [2.24, 2.45) is 5.73 Å². The number of carbonyl (C=O) groups is 2. The average Bonchev–Trinajstić information content (AvgIpc) is 2.35. The van der Waals surface area contributed by atoms with Gasteiger partial charge in [0.25, 0.3) is 5.69 Å². The second kappa shape index (κ2) is 5.71. The van der Waals surface area contributed by atoms with Gasteiger partial charge in [0.15, 0.2) is 0 Å². The van der Waals surface area contributed by atoms with Crippen LogP contribution in [-0.2, 0) is 9.53 Å². The molecule has 1 amide bonds. The molecule has 0 aliphatic carbocycles. The van der Waals surface area contributed by atoms with E-state index < -0.39 is 33.9 Å². The van der Waals surface area contributed by atoms with E-state index in [9.17, 15) is 24.1 Å². The third-order valence-corrected chi connectivity index (χ3v) is 2.14. The lowest BCUT2D eigenvalue weighted by molar-refractivity contribution is -0.385. The van der Waals surface area contributed by atoms with Crippen LogP contribution in [0.25, 0.3) is 6.08 Å². The lowest BCUT2D eigenvalue weighted by atomic mass is 10.1. The van der Waals surface area contributed by atoms with Gasteiger partial charge in [-0.25, -0.2) is 9.18 Å². The van der Waals surface area contributed by atoms with E-state index in [1.54, 1.807) is 0 Å². The average molecular weight is 268 g/mol. The number of amides is 1. The maximum atomic E-state index is 13.6. The molecule has 0 atom stereocenters. The van der Waals surface area contributed by atoms with Gasteiger partial charge in [-0.05, 0) is 12.1 Å². The zero-order valence-corrected chi connectivity index (χ0v) is 9.75. The molecular formula is C11H9FN2O5. The number of carbonyl (C=O) groups excluding carboxylic acids is 2. The van der Waals surface area contributed by atoms with E-state index >= 15 is 0 Å². The smallest absolute Gasteiger partial charge is 0.344 e. The summed E-state index contributed by atoms with van der Waals surface area (Å²) < 4.78 is 17.9. The summed E-state index contributed by atoms with van der Waals surface area (Å²) in [5.41, 5.74) is 3.45. The first-order valence-corrected chi connectivity index (χ1v) is 4.90. The SMILES string of the molecule is COC(=O)c1cc(F)c(C=CC(N)=O)cc1[N+](=O)[O-]. The molecule has 2 N–H and O–H groups in total. The first-order valence-electron chi connectivity index (χ1n) is 4.90. The molecule has 0 bridgehead atoms. The molecule has 0 aliphatic rings. The van der Waals surface area contributed by atoms with E-state index in [1.807, 2.05) is 0 Å². The van der Waals surface area contributed by atoms with E-state index in [1.165, 1.54) is 0 Å². The number of nitro groups is 1. The predicted octanol–water partition coefficient (Wildman–Crippen LogP) is 1.02. The number of methoxy groups -OCH3 is 1. The fourth-order valence-corrected chi connectivity index (χ4v) is 1.30. The summed E-state index contributed by atoms with van der Waals surface area (Å²) in [5.74, 6) is -2.78. The lowest BCUT2D eigenvalue weighted by Gasteiger charge is -2.03. The van der Waals surface area contributed by atoms with Crippen molar-refractivity contribution in [2.75, 3.05) is 7.11 Å². The van der Waals surface area contributed by atoms with E-state index in [2.05, 4.69) is 4.74 Å². The van der Waals surface area contributed by atoms with Crippen LogP contribution in [0.3, 0.4) is 0 Å². The summed E-state index contributed by atoms with van der Waals surface area (Å²) in [5, 5.41) is 10.8. The van der Waals surface area contributed by atoms with Crippen molar-refractivity contribution in [1.82, 2.24) is 0 Å². The quantitative estimate of drug-likeness (QED) is 0.379. The van der Waals surface area contributed by atoms with Crippen molar-refractivity contribution < 1.29 is 23.6 Å². The van der Waals surface area contributed by atoms with Crippen LogP contribution in [0.4, 0.5) is 10.1 Å². The second-order valence-corrected chi connectivity index (χ2v) is 3.38. The first-order chi connectivity index (χ1) is 8.86. The number of nitro benzene ring substituents is 1. The highest BCUT2D eigenvalue weighted by Crippen LogP contribution is 2.24. The van der Waals surface area contributed by atoms with E-state index in [4.69, 9.17) is 5.73 Å². The molecule has 7 nitrogen and oxygen atoms in total. The summed E-state index contributed by atoms with van der Waals surface area (Å²) in [7, 11) is 1.02. The van der Waals surface area contributed by atoms with E-state index in [0.29, 0.717) is 6.07 Å². The van der Waals surface area contributed by atoms with Gasteiger partial charge in [0.1, 0.15) is 11.4 Å². The molecule has 0 heterocycles. The molecule has 0 aromatic heterocycles. The molecule has 0 unspecified atom stereocenters. The van der Waals surface area contributed by atoms with Crippen LogP contribution in [-0.4, -0.2) is 23.9 Å². The van der Waals surface area contributed by atoms with Crippen LogP contribution in [0.15, 0.2) is 18.2 Å². The normalized spacial score (nSPS) is 10.4. The molecule has 0 saturated heterocycles. The number of ether oxygens (including phenoxy) is 1. The molecule has 0 aliphatic heterocycles. The molecular weight excluding hydrogens is 259 g/mol. The highest BCUT2D eigenvalue weighted by molar-refractivity contribution is 5.95. The number of esters is 1. The number of benzene rings is 1. The van der Waals surface area contributed by atoms with E-state index in [-0.39, 0.29) is 5.56 Å². The van der Waals surface area contributed by atoms with Crippen molar-refractivity contribution in [3.05, 3.63) is 45.3 Å². The zero-order valence-electron chi connectivity index (χ0n) is 9.75. The molecule has 0 fully saturated rings. The second-order valence-electron chi connectivity index (χ2n) is 3.38. The molecule has 8 heteroatoms. The summed E-state index contributed by atoms with van der Waals surface area (Å²) in [6.45, 7) is 0. The summed E-state index contributed by atoms with van der Waals surface area (Å²) >= 11 is 0. The minimum Gasteiger partial charge on any atom is -0.465 e. The standard InChI is InChI=1S/C11H9FN2O5/c1-19-11(16)7-5-8(12)6(2-3-10(13)15)4-9(7)14(17)18/h2-5H,1H3,(H2,13,15). The van der Waals surface area contributed by atoms with Crippen LogP contribution in [0.1, 0.15) is 15.9 Å². The van der Waals surface area contributed by atoms with Gasteiger partial charge in [-0.3, -0.25) is 14.9 Å². The monoisotopic (exact) mass is 268 g/mol. The van der Waals surface area contributed by atoms with Crippen molar-refractivity contribution in [3.8, 4) is 0 Å². The van der Waals surface area contributed by atoms with Gasteiger partial charge in [-0.15, -0.1) is 0 Å². The maximum absolute atomic E-state index is 13.6. The maximum Gasteiger partial charge on any atom is 0.344 e. The highest BCUT2D eigenvalue weighted by Gasteiger charge is 2.23. The number of rotatable bonds is 4. The van der Waals surface area contributed by atoms with E-state index in [0.717, 1.165) is 25.3 Å². The number of primary amides is 1. The molecule has 0 spiro atoms. The molecule has 1 aromatic carbocycles. The Morgan fingerprint density at radius 3 is 2.58 bits per heavy atom. The Morgan fingerprint density at radius 1 is 1.47 bits per heavy atom. The van der Waals surface area contributed by atoms with Gasteiger partial charge in [0, 0.05) is 17.7 Å². The first kappa shape index (κ1) is 14.3. The van der Waals surface area contributed by atoms with Gasteiger partial charge in [0.2, 0.25) is 5.91 Å².